The molecule has 0 saturated heterocycles. The first kappa shape index (κ1) is 15.5. The summed E-state index contributed by atoms with van der Waals surface area (Å²) in [5.41, 5.74) is 2.64. The van der Waals surface area contributed by atoms with Crippen LogP contribution < -0.4 is 0 Å². The quantitative estimate of drug-likeness (QED) is 0.855. The van der Waals surface area contributed by atoms with Crippen LogP contribution in [0.2, 0.25) is 4.34 Å². The van der Waals surface area contributed by atoms with Gasteiger partial charge in [-0.25, -0.2) is 0 Å². The fraction of sp³-hybridized carbons (Fsp3) is 0.353. The number of nitrogens with zero attached hydrogens (tertiary/aromatic N) is 2. The largest absolute Gasteiger partial charge is 0.337 e. The van der Waals surface area contributed by atoms with Gasteiger partial charge in [-0.15, -0.1) is 11.3 Å². The van der Waals surface area contributed by atoms with Crippen LogP contribution in [-0.2, 0) is 24.3 Å². The molecule has 1 aliphatic heterocycles. The normalized spacial score (nSPS) is 14.2. The summed E-state index contributed by atoms with van der Waals surface area (Å²) < 4.78 is 0.794. The fourth-order valence-corrected chi connectivity index (χ4v) is 3.97. The molecule has 116 valence electrons. The van der Waals surface area contributed by atoms with E-state index < -0.39 is 0 Å². The van der Waals surface area contributed by atoms with E-state index in [1.807, 2.05) is 35.0 Å². The molecule has 0 radical (unpaired) electrons. The van der Waals surface area contributed by atoms with Crippen molar-refractivity contribution in [3.05, 3.63) is 56.7 Å². The maximum absolute atomic E-state index is 12.5. The first-order valence-corrected chi connectivity index (χ1v) is 8.58. The van der Waals surface area contributed by atoms with Gasteiger partial charge in [0.2, 0.25) is 5.91 Å². The first-order valence-electron chi connectivity index (χ1n) is 7.39. The number of hydrogen-bond donors (Lipinski definition) is 0. The molecule has 1 aliphatic rings. The number of halogens is 1. The van der Waals surface area contributed by atoms with Crippen LogP contribution in [0.4, 0.5) is 0 Å². The van der Waals surface area contributed by atoms with Crippen LogP contribution in [0.3, 0.4) is 0 Å². The Kier molecular flexibility index (Phi) is 4.81. The van der Waals surface area contributed by atoms with Crippen LogP contribution in [0.15, 0.2) is 36.4 Å². The summed E-state index contributed by atoms with van der Waals surface area (Å²) >= 11 is 7.51. The molecule has 0 atom stereocenters. The number of carbonyl (C=O) groups is 1. The highest BCUT2D eigenvalue weighted by atomic mass is 35.5. The summed E-state index contributed by atoms with van der Waals surface area (Å²) in [7, 11) is 1.98. The second-order valence-electron chi connectivity index (χ2n) is 5.71. The molecule has 0 N–H and O–H groups in total. The Balaban J connectivity index is 1.56. The average Bonchev–Trinajstić information content (AvgIpc) is 2.91. The molecular formula is C17H19ClN2OS. The minimum absolute atomic E-state index is 0.194. The van der Waals surface area contributed by atoms with Crippen molar-refractivity contribution in [1.82, 2.24) is 9.80 Å². The van der Waals surface area contributed by atoms with E-state index >= 15 is 0 Å². The highest BCUT2D eigenvalue weighted by Gasteiger charge is 2.21. The molecule has 0 fully saturated rings. The molecule has 0 spiro atoms. The summed E-state index contributed by atoms with van der Waals surface area (Å²) in [5, 5.41) is 0. The summed E-state index contributed by atoms with van der Waals surface area (Å²) in [6.07, 6.45) is 0.951. The molecule has 0 saturated carbocycles. The topological polar surface area (TPSA) is 23.6 Å². The Morgan fingerprint density at radius 1 is 1.27 bits per heavy atom. The van der Waals surface area contributed by atoms with E-state index in [-0.39, 0.29) is 5.91 Å². The van der Waals surface area contributed by atoms with Gasteiger partial charge in [-0.3, -0.25) is 9.69 Å². The van der Waals surface area contributed by atoms with Crippen LogP contribution in [0, 0.1) is 0 Å². The van der Waals surface area contributed by atoms with Gasteiger partial charge in [0.05, 0.1) is 10.9 Å². The van der Waals surface area contributed by atoms with Crippen molar-refractivity contribution >= 4 is 28.8 Å². The number of benzene rings is 1. The van der Waals surface area contributed by atoms with Crippen LogP contribution in [0.25, 0.3) is 0 Å². The second kappa shape index (κ2) is 6.82. The Hall–Kier alpha value is -1.36. The number of rotatable bonds is 4. The van der Waals surface area contributed by atoms with Crippen LogP contribution in [0.1, 0.15) is 16.0 Å². The van der Waals surface area contributed by atoms with Crippen molar-refractivity contribution in [1.29, 1.82) is 0 Å². The van der Waals surface area contributed by atoms with Crippen LogP contribution >= 0.6 is 22.9 Å². The third kappa shape index (κ3) is 3.69. The van der Waals surface area contributed by atoms with Gasteiger partial charge in [0.25, 0.3) is 0 Å². The van der Waals surface area contributed by atoms with Crippen molar-refractivity contribution in [2.75, 3.05) is 20.1 Å². The van der Waals surface area contributed by atoms with Gasteiger partial charge in [0.15, 0.2) is 0 Å². The van der Waals surface area contributed by atoms with E-state index in [1.165, 1.54) is 16.0 Å². The summed E-state index contributed by atoms with van der Waals surface area (Å²) in [6.45, 7) is 2.74. The maximum Gasteiger partial charge on any atom is 0.237 e. The molecule has 1 aromatic carbocycles. The molecule has 0 aliphatic carbocycles. The van der Waals surface area contributed by atoms with Crippen molar-refractivity contribution in [2.24, 2.45) is 0 Å². The summed E-state index contributed by atoms with van der Waals surface area (Å²) in [5.74, 6) is 0.194. The molecule has 1 aromatic heterocycles. The minimum atomic E-state index is 0.194. The molecule has 3 nitrogen and oxygen atoms in total. The predicted molar refractivity (Wildman–Crippen MR) is 91.2 cm³/mol. The van der Waals surface area contributed by atoms with Crippen molar-refractivity contribution in [3.63, 3.8) is 0 Å². The lowest BCUT2D eigenvalue weighted by atomic mass is 10.00. The van der Waals surface area contributed by atoms with Gasteiger partial charge in [0, 0.05) is 24.5 Å². The van der Waals surface area contributed by atoms with E-state index in [0.29, 0.717) is 6.54 Å². The SMILES string of the molecule is CN(CC(=O)N1CCc2ccccc2C1)Cc1ccc(Cl)s1. The zero-order valence-corrected chi connectivity index (χ0v) is 14.2. The van der Waals surface area contributed by atoms with E-state index in [2.05, 4.69) is 18.2 Å². The zero-order valence-electron chi connectivity index (χ0n) is 12.6. The first-order chi connectivity index (χ1) is 10.6. The van der Waals surface area contributed by atoms with Crippen molar-refractivity contribution in [2.45, 2.75) is 19.5 Å². The molecule has 22 heavy (non-hydrogen) atoms. The third-order valence-electron chi connectivity index (χ3n) is 3.94. The van der Waals surface area contributed by atoms with E-state index in [9.17, 15) is 4.79 Å². The number of carbonyl (C=O) groups excluding carboxylic acids is 1. The Labute approximate surface area is 140 Å². The monoisotopic (exact) mass is 334 g/mol. The number of hydrogen-bond acceptors (Lipinski definition) is 3. The van der Waals surface area contributed by atoms with Crippen molar-refractivity contribution < 1.29 is 4.79 Å². The number of thiophene rings is 1. The Morgan fingerprint density at radius 3 is 2.77 bits per heavy atom. The van der Waals surface area contributed by atoms with Gasteiger partial charge < -0.3 is 4.90 Å². The maximum atomic E-state index is 12.5. The lowest BCUT2D eigenvalue weighted by molar-refractivity contribution is -0.133. The molecular weight excluding hydrogens is 316 g/mol. The zero-order chi connectivity index (χ0) is 15.5. The molecule has 0 bridgehead atoms. The van der Waals surface area contributed by atoms with Gasteiger partial charge in [-0.05, 0) is 36.7 Å². The van der Waals surface area contributed by atoms with E-state index in [1.54, 1.807) is 11.3 Å². The highest BCUT2D eigenvalue weighted by molar-refractivity contribution is 7.16. The van der Waals surface area contributed by atoms with E-state index in [4.69, 9.17) is 11.6 Å². The smallest absolute Gasteiger partial charge is 0.237 e. The molecule has 5 heteroatoms. The molecule has 2 heterocycles. The second-order valence-corrected chi connectivity index (χ2v) is 7.51. The average molecular weight is 335 g/mol. The number of likely N-dealkylation sites (N-methyl/N-ethyl adjacent to an activating group) is 1. The van der Waals surface area contributed by atoms with Gasteiger partial charge in [0.1, 0.15) is 0 Å². The van der Waals surface area contributed by atoms with Gasteiger partial charge >= 0.3 is 0 Å². The Bertz CT molecular complexity index is 670. The third-order valence-corrected chi connectivity index (χ3v) is 5.16. The highest BCUT2D eigenvalue weighted by Crippen LogP contribution is 2.22. The lowest BCUT2D eigenvalue weighted by Crippen LogP contribution is -2.41. The molecule has 0 unspecified atom stereocenters. The Morgan fingerprint density at radius 2 is 2.05 bits per heavy atom. The number of fused-ring (bicyclic) bond motifs is 1. The summed E-state index contributed by atoms with van der Waals surface area (Å²) in [4.78, 5) is 17.7. The standard InChI is InChI=1S/C17H19ClN2OS/c1-19(11-15-6-7-16(18)22-15)12-17(21)20-9-8-13-4-2-3-5-14(13)10-20/h2-7H,8-12H2,1H3. The van der Waals surface area contributed by atoms with E-state index in [0.717, 1.165) is 30.4 Å². The van der Waals surface area contributed by atoms with Gasteiger partial charge in [-0.2, -0.15) is 0 Å². The molecule has 3 rings (SSSR count). The van der Waals surface area contributed by atoms with Crippen LogP contribution in [0.5, 0.6) is 0 Å². The minimum Gasteiger partial charge on any atom is -0.337 e. The van der Waals surface area contributed by atoms with Gasteiger partial charge in [-0.1, -0.05) is 35.9 Å². The summed E-state index contributed by atoms with van der Waals surface area (Å²) in [6, 6.07) is 12.3. The number of amides is 1. The predicted octanol–water partition coefficient (Wildman–Crippen LogP) is 3.42. The lowest BCUT2D eigenvalue weighted by Gasteiger charge is -2.30. The molecule has 2 aromatic rings. The van der Waals surface area contributed by atoms with Crippen LogP contribution in [-0.4, -0.2) is 35.8 Å². The molecule has 1 amide bonds. The fourth-order valence-electron chi connectivity index (χ4n) is 2.80. The van der Waals surface area contributed by atoms with Crippen molar-refractivity contribution in [3.8, 4) is 0 Å².